The van der Waals surface area contributed by atoms with Crippen LogP contribution in [0.4, 0.5) is 11.5 Å². The summed E-state index contributed by atoms with van der Waals surface area (Å²) >= 11 is 0. The number of nitrogens with zero attached hydrogens (tertiary/aromatic N) is 8. The largest absolute Gasteiger partial charge is 0.382 e. The summed E-state index contributed by atoms with van der Waals surface area (Å²) in [5.74, 6) is 0.529. The van der Waals surface area contributed by atoms with E-state index in [-0.39, 0.29) is 11.7 Å². The molecular formula is C30H32N10O. The van der Waals surface area contributed by atoms with Gasteiger partial charge in [0, 0.05) is 55.9 Å². The summed E-state index contributed by atoms with van der Waals surface area (Å²) in [6.07, 6.45) is 6.71. The zero-order chi connectivity index (χ0) is 28.3. The van der Waals surface area contributed by atoms with Crippen molar-refractivity contribution in [2.24, 2.45) is 0 Å². The molecule has 0 saturated carbocycles. The number of benzene rings is 2. The number of imidazole rings is 1. The van der Waals surface area contributed by atoms with Crippen molar-refractivity contribution in [1.29, 1.82) is 0 Å². The summed E-state index contributed by atoms with van der Waals surface area (Å²) in [5.41, 5.74) is 11.5. The standard InChI is InChI=1S/C30H32N10O/c1-3-27(41)34-22-7-6-8-23(17-22)40-26-10-5-4-9-24(26)36-30(40)28-29(31)32-19-25(35-28)21-18-33-39(20-21)16-15-38-13-11-37(2)12-14-38/h3-10,17-20H,1,11-16H2,2H3,(H2,31,32)(H,34,41). The Kier molecular flexibility index (Phi) is 7.28. The van der Waals surface area contributed by atoms with E-state index in [0.29, 0.717) is 22.9 Å². The summed E-state index contributed by atoms with van der Waals surface area (Å²) < 4.78 is 3.92. The number of anilines is 2. The molecule has 11 nitrogen and oxygen atoms in total. The zero-order valence-corrected chi connectivity index (χ0v) is 22.9. The molecule has 1 fully saturated rings. The molecule has 2 aromatic carbocycles. The highest BCUT2D eigenvalue weighted by molar-refractivity contribution is 5.99. The quantitative estimate of drug-likeness (QED) is 0.283. The topological polar surface area (TPSA) is 123 Å². The second-order valence-corrected chi connectivity index (χ2v) is 10.1. The molecule has 5 aromatic rings. The first-order chi connectivity index (χ1) is 20.0. The lowest BCUT2D eigenvalue weighted by Gasteiger charge is -2.32. The molecule has 6 rings (SSSR count). The summed E-state index contributed by atoms with van der Waals surface area (Å²) in [6, 6.07) is 15.3. The van der Waals surface area contributed by atoms with Gasteiger partial charge in [0.2, 0.25) is 5.91 Å². The number of carbonyl (C=O) groups is 1. The molecule has 208 valence electrons. The Hall–Kier alpha value is -4.87. The molecule has 0 unspecified atom stereocenters. The van der Waals surface area contributed by atoms with Gasteiger partial charge in [-0.1, -0.05) is 24.8 Å². The summed E-state index contributed by atoms with van der Waals surface area (Å²) in [7, 11) is 2.16. The van der Waals surface area contributed by atoms with Crippen LogP contribution in [0.15, 0.2) is 79.8 Å². The monoisotopic (exact) mass is 548 g/mol. The van der Waals surface area contributed by atoms with Gasteiger partial charge < -0.3 is 16.0 Å². The fourth-order valence-corrected chi connectivity index (χ4v) is 5.00. The number of likely N-dealkylation sites (N-methyl/N-ethyl adjacent to an activating group) is 1. The van der Waals surface area contributed by atoms with Crippen LogP contribution in [-0.2, 0) is 11.3 Å². The lowest BCUT2D eigenvalue weighted by atomic mass is 10.2. The summed E-state index contributed by atoms with van der Waals surface area (Å²) in [4.78, 5) is 31.1. The van der Waals surface area contributed by atoms with E-state index in [1.807, 2.05) is 70.2 Å². The number of nitrogen functional groups attached to an aromatic ring is 1. The first-order valence-electron chi connectivity index (χ1n) is 13.6. The third-order valence-electron chi connectivity index (χ3n) is 7.30. The Morgan fingerprint density at radius 2 is 1.88 bits per heavy atom. The number of nitrogens with one attached hydrogen (secondary N) is 1. The van der Waals surface area contributed by atoms with Crippen molar-refractivity contribution in [3.63, 3.8) is 0 Å². The average Bonchev–Trinajstić information content (AvgIpc) is 3.62. The van der Waals surface area contributed by atoms with Gasteiger partial charge in [-0.25, -0.2) is 15.0 Å². The number of rotatable bonds is 8. The molecule has 0 atom stereocenters. The van der Waals surface area contributed by atoms with Crippen molar-refractivity contribution in [3.8, 4) is 28.5 Å². The molecular weight excluding hydrogens is 516 g/mol. The van der Waals surface area contributed by atoms with E-state index < -0.39 is 0 Å². The smallest absolute Gasteiger partial charge is 0.247 e. The van der Waals surface area contributed by atoms with Gasteiger partial charge in [0.15, 0.2) is 11.6 Å². The molecule has 1 amide bonds. The minimum Gasteiger partial charge on any atom is -0.382 e. The van der Waals surface area contributed by atoms with Crippen molar-refractivity contribution < 1.29 is 4.79 Å². The minimum absolute atomic E-state index is 0.267. The van der Waals surface area contributed by atoms with Crippen LogP contribution in [0.2, 0.25) is 0 Å². The van der Waals surface area contributed by atoms with Crippen LogP contribution in [0.25, 0.3) is 39.5 Å². The van der Waals surface area contributed by atoms with Gasteiger partial charge in [-0.05, 0) is 43.5 Å². The van der Waals surface area contributed by atoms with Crippen LogP contribution in [0, 0.1) is 0 Å². The molecule has 1 aliphatic rings. The highest BCUT2D eigenvalue weighted by Gasteiger charge is 2.20. The Bertz CT molecular complexity index is 1710. The Morgan fingerprint density at radius 1 is 1.05 bits per heavy atom. The molecule has 3 N–H and O–H groups in total. The number of aromatic nitrogens is 6. The number of nitrogens with two attached hydrogens (primary N) is 1. The average molecular weight is 549 g/mol. The van der Waals surface area contributed by atoms with Crippen LogP contribution in [0.3, 0.4) is 0 Å². The van der Waals surface area contributed by atoms with Crippen molar-refractivity contribution in [2.45, 2.75) is 6.54 Å². The predicted octanol–water partition coefficient (Wildman–Crippen LogP) is 3.30. The van der Waals surface area contributed by atoms with Crippen LogP contribution >= 0.6 is 0 Å². The van der Waals surface area contributed by atoms with E-state index >= 15 is 0 Å². The fraction of sp³-hybridized carbons (Fsp3) is 0.233. The van der Waals surface area contributed by atoms with Gasteiger partial charge in [-0.15, -0.1) is 0 Å². The molecule has 0 aliphatic carbocycles. The molecule has 4 heterocycles. The van der Waals surface area contributed by atoms with E-state index in [1.54, 1.807) is 6.20 Å². The van der Waals surface area contributed by atoms with Gasteiger partial charge in [-0.3, -0.25) is 18.9 Å². The van der Waals surface area contributed by atoms with Crippen molar-refractivity contribution in [2.75, 3.05) is 50.8 Å². The van der Waals surface area contributed by atoms with Crippen molar-refractivity contribution >= 4 is 28.4 Å². The normalized spacial score (nSPS) is 14.4. The number of para-hydroxylation sites is 2. The first kappa shape index (κ1) is 26.4. The maximum Gasteiger partial charge on any atom is 0.247 e. The molecule has 11 heteroatoms. The number of hydrogen-bond acceptors (Lipinski definition) is 8. The molecule has 3 aromatic heterocycles. The van der Waals surface area contributed by atoms with Gasteiger partial charge in [0.25, 0.3) is 0 Å². The second kappa shape index (κ2) is 11.3. The second-order valence-electron chi connectivity index (χ2n) is 10.1. The zero-order valence-electron chi connectivity index (χ0n) is 22.9. The van der Waals surface area contributed by atoms with Gasteiger partial charge in [-0.2, -0.15) is 5.10 Å². The highest BCUT2D eigenvalue weighted by atomic mass is 16.1. The van der Waals surface area contributed by atoms with Crippen LogP contribution in [0.1, 0.15) is 0 Å². The highest BCUT2D eigenvalue weighted by Crippen LogP contribution is 2.32. The minimum atomic E-state index is -0.287. The lowest BCUT2D eigenvalue weighted by Crippen LogP contribution is -2.45. The number of piperazine rings is 1. The van der Waals surface area contributed by atoms with E-state index in [0.717, 1.165) is 61.6 Å². The fourth-order valence-electron chi connectivity index (χ4n) is 5.00. The van der Waals surface area contributed by atoms with Crippen molar-refractivity contribution in [1.82, 2.24) is 39.1 Å². The third-order valence-corrected chi connectivity index (χ3v) is 7.30. The van der Waals surface area contributed by atoms with Gasteiger partial charge >= 0.3 is 0 Å². The van der Waals surface area contributed by atoms with Crippen LogP contribution < -0.4 is 11.1 Å². The van der Waals surface area contributed by atoms with Crippen LogP contribution in [-0.4, -0.2) is 84.8 Å². The lowest BCUT2D eigenvalue weighted by molar-refractivity contribution is -0.111. The molecule has 0 bridgehead atoms. The van der Waals surface area contributed by atoms with E-state index in [9.17, 15) is 4.79 Å². The molecule has 1 aliphatic heterocycles. The maximum absolute atomic E-state index is 11.9. The first-order valence-corrected chi connectivity index (χ1v) is 13.6. The Labute approximate surface area is 237 Å². The number of hydrogen-bond donors (Lipinski definition) is 2. The van der Waals surface area contributed by atoms with E-state index in [2.05, 4.69) is 38.8 Å². The summed E-state index contributed by atoms with van der Waals surface area (Å²) in [5, 5.41) is 7.40. The van der Waals surface area contributed by atoms with E-state index in [4.69, 9.17) is 15.7 Å². The summed E-state index contributed by atoms with van der Waals surface area (Å²) in [6.45, 7) is 9.61. The number of amides is 1. The predicted molar refractivity (Wildman–Crippen MR) is 160 cm³/mol. The van der Waals surface area contributed by atoms with Crippen LogP contribution in [0.5, 0.6) is 0 Å². The molecule has 1 saturated heterocycles. The Morgan fingerprint density at radius 3 is 2.71 bits per heavy atom. The third kappa shape index (κ3) is 5.58. The van der Waals surface area contributed by atoms with Gasteiger partial charge in [0.1, 0.15) is 5.69 Å². The Balaban J connectivity index is 1.34. The molecule has 41 heavy (non-hydrogen) atoms. The SMILES string of the molecule is C=CC(=O)Nc1cccc(-n2c(-c3nc(-c4cnn(CCN5CCN(C)CC5)c4)cnc3N)nc3ccccc32)c1. The van der Waals surface area contributed by atoms with Gasteiger partial charge in [0.05, 0.1) is 35.7 Å². The van der Waals surface area contributed by atoms with E-state index in [1.165, 1.54) is 6.08 Å². The van der Waals surface area contributed by atoms with Crippen molar-refractivity contribution in [3.05, 3.63) is 79.8 Å². The molecule has 0 radical (unpaired) electrons. The maximum atomic E-state index is 11.9. The molecule has 0 spiro atoms. The number of carbonyl (C=O) groups excluding carboxylic acids is 1. The number of fused-ring (bicyclic) bond motifs is 1.